The quantitative estimate of drug-likeness (QED) is 0.692. The molecule has 13 heavy (non-hydrogen) atoms. The van der Waals surface area contributed by atoms with Gasteiger partial charge in [-0.3, -0.25) is 4.68 Å². The van der Waals surface area contributed by atoms with Crippen LogP contribution in [0.1, 0.15) is 18.3 Å². The number of hydrogen-bond acceptors (Lipinski definition) is 3. The molecule has 1 unspecified atom stereocenters. The average molecular weight is 183 g/mol. The van der Waals surface area contributed by atoms with E-state index >= 15 is 0 Å². The zero-order valence-electron chi connectivity index (χ0n) is 8.41. The van der Waals surface area contributed by atoms with E-state index in [-0.39, 0.29) is 6.61 Å². The van der Waals surface area contributed by atoms with Crippen molar-refractivity contribution in [3.8, 4) is 0 Å². The van der Waals surface area contributed by atoms with Gasteiger partial charge in [-0.1, -0.05) is 0 Å². The van der Waals surface area contributed by atoms with E-state index in [0.29, 0.717) is 6.42 Å². The minimum absolute atomic E-state index is 0.0166. The van der Waals surface area contributed by atoms with Crippen molar-refractivity contribution < 1.29 is 5.11 Å². The van der Waals surface area contributed by atoms with Gasteiger partial charge < -0.3 is 10.8 Å². The molecule has 0 aliphatic heterocycles. The summed E-state index contributed by atoms with van der Waals surface area (Å²) in [6.07, 6.45) is 0.640. The molecule has 0 fully saturated rings. The van der Waals surface area contributed by atoms with Crippen LogP contribution in [0.25, 0.3) is 0 Å². The van der Waals surface area contributed by atoms with Crippen LogP contribution in [0, 0.1) is 6.92 Å². The van der Waals surface area contributed by atoms with Crippen molar-refractivity contribution in [1.29, 1.82) is 0 Å². The maximum absolute atomic E-state index is 9.00. The largest absolute Gasteiger partial charge is 0.394 e. The van der Waals surface area contributed by atoms with Crippen LogP contribution >= 0.6 is 0 Å². The number of hydrogen-bond donors (Lipinski definition) is 2. The summed E-state index contributed by atoms with van der Waals surface area (Å²) in [6.45, 7) is 3.75. The van der Waals surface area contributed by atoms with Crippen LogP contribution in [-0.4, -0.2) is 27.0 Å². The maximum atomic E-state index is 9.00. The molecule has 74 valence electrons. The van der Waals surface area contributed by atoms with Crippen LogP contribution in [0.15, 0.2) is 6.07 Å². The molecule has 4 heteroatoms. The first kappa shape index (κ1) is 10.2. The first-order chi connectivity index (χ1) is 5.94. The Morgan fingerprint density at radius 2 is 2.31 bits per heavy atom. The third-order valence-corrected chi connectivity index (χ3v) is 2.05. The molecule has 0 spiro atoms. The molecule has 1 atom stereocenters. The number of aromatic nitrogens is 2. The summed E-state index contributed by atoms with van der Waals surface area (Å²) in [5.74, 6) is 0. The molecule has 0 amide bonds. The molecular formula is C9H17N3O. The monoisotopic (exact) mass is 183 g/mol. The van der Waals surface area contributed by atoms with Crippen LogP contribution < -0.4 is 5.73 Å². The Morgan fingerprint density at radius 3 is 2.69 bits per heavy atom. The summed E-state index contributed by atoms with van der Waals surface area (Å²) in [7, 11) is 1.88. The molecule has 4 nitrogen and oxygen atoms in total. The fraction of sp³-hybridized carbons (Fsp3) is 0.667. The molecular weight excluding hydrogens is 166 g/mol. The summed E-state index contributed by atoms with van der Waals surface area (Å²) in [4.78, 5) is 0. The lowest BCUT2D eigenvalue weighted by molar-refractivity contribution is 0.206. The number of rotatable bonds is 3. The fourth-order valence-corrected chi connectivity index (χ4v) is 1.30. The lowest BCUT2D eigenvalue weighted by Gasteiger charge is -2.21. The van der Waals surface area contributed by atoms with E-state index in [4.69, 9.17) is 10.8 Å². The van der Waals surface area contributed by atoms with Gasteiger partial charge in [0.2, 0.25) is 0 Å². The molecule has 0 radical (unpaired) electrons. The maximum Gasteiger partial charge on any atom is 0.0612 e. The first-order valence-corrected chi connectivity index (χ1v) is 4.34. The Hall–Kier alpha value is -0.870. The van der Waals surface area contributed by atoms with Crippen LogP contribution in [0.2, 0.25) is 0 Å². The van der Waals surface area contributed by atoms with Gasteiger partial charge in [0.25, 0.3) is 0 Å². The lowest BCUT2D eigenvalue weighted by Crippen LogP contribution is -2.42. The molecule has 3 N–H and O–H groups in total. The van der Waals surface area contributed by atoms with Gasteiger partial charge in [0.1, 0.15) is 0 Å². The van der Waals surface area contributed by atoms with E-state index in [1.54, 1.807) is 4.68 Å². The van der Waals surface area contributed by atoms with Crippen molar-refractivity contribution >= 4 is 0 Å². The minimum Gasteiger partial charge on any atom is -0.394 e. The molecule has 1 rings (SSSR count). The van der Waals surface area contributed by atoms with Crippen LogP contribution in [0.3, 0.4) is 0 Å². The van der Waals surface area contributed by atoms with Gasteiger partial charge in [0.15, 0.2) is 0 Å². The van der Waals surface area contributed by atoms with E-state index in [1.165, 1.54) is 0 Å². The summed E-state index contributed by atoms with van der Waals surface area (Å²) < 4.78 is 1.80. The third kappa shape index (κ3) is 2.54. The zero-order valence-corrected chi connectivity index (χ0v) is 8.41. The summed E-state index contributed by atoms with van der Waals surface area (Å²) in [6, 6.07) is 1.99. The average Bonchev–Trinajstić information content (AvgIpc) is 2.30. The van der Waals surface area contributed by atoms with E-state index in [9.17, 15) is 0 Å². The van der Waals surface area contributed by atoms with E-state index in [2.05, 4.69) is 5.10 Å². The van der Waals surface area contributed by atoms with Crippen molar-refractivity contribution in [3.05, 3.63) is 17.5 Å². The second kappa shape index (κ2) is 3.47. The van der Waals surface area contributed by atoms with Gasteiger partial charge in [-0.2, -0.15) is 5.10 Å². The Morgan fingerprint density at radius 1 is 1.69 bits per heavy atom. The number of aliphatic hydroxyl groups is 1. The second-order valence-corrected chi connectivity index (χ2v) is 3.89. The van der Waals surface area contributed by atoms with Gasteiger partial charge in [-0.15, -0.1) is 0 Å². The van der Waals surface area contributed by atoms with Crippen molar-refractivity contribution in [2.24, 2.45) is 12.8 Å². The Labute approximate surface area is 78.4 Å². The highest BCUT2D eigenvalue weighted by Gasteiger charge is 2.19. The molecule has 0 bridgehead atoms. The van der Waals surface area contributed by atoms with Gasteiger partial charge >= 0.3 is 0 Å². The molecule has 0 saturated heterocycles. The van der Waals surface area contributed by atoms with Gasteiger partial charge in [-0.05, 0) is 19.9 Å². The topological polar surface area (TPSA) is 64.1 Å². The SMILES string of the molecule is Cc1cc(CC(C)(N)CO)n(C)n1. The minimum atomic E-state index is -0.555. The number of nitrogens with zero attached hydrogens (tertiary/aromatic N) is 2. The smallest absolute Gasteiger partial charge is 0.0612 e. The van der Waals surface area contributed by atoms with Crippen LogP contribution in [0.4, 0.5) is 0 Å². The number of aryl methyl sites for hydroxylation is 2. The van der Waals surface area contributed by atoms with Gasteiger partial charge in [0, 0.05) is 24.7 Å². The number of nitrogens with two attached hydrogens (primary N) is 1. The molecule has 0 saturated carbocycles. The lowest BCUT2D eigenvalue weighted by atomic mass is 9.98. The third-order valence-electron chi connectivity index (χ3n) is 2.05. The fourth-order valence-electron chi connectivity index (χ4n) is 1.30. The van der Waals surface area contributed by atoms with E-state index in [1.807, 2.05) is 27.0 Å². The Bertz CT molecular complexity index is 291. The predicted molar refractivity (Wildman–Crippen MR) is 51.3 cm³/mol. The van der Waals surface area contributed by atoms with Crippen molar-refractivity contribution in [3.63, 3.8) is 0 Å². The van der Waals surface area contributed by atoms with Crippen LogP contribution in [0.5, 0.6) is 0 Å². The molecule has 0 aliphatic rings. The van der Waals surface area contributed by atoms with Crippen molar-refractivity contribution in [2.75, 3.05) is 6.61 Å². The zero-order chi connectivity index (χ0) is 10.1. The first-order valence-electron chi connectivity index (χ1n) is 4.34. The predicted octanol–water partition coefficient (Wildman–Crippen LogP) is -0.0193. The van der Waals surface area contributed by atoms with E-state index in [0.717, 1.165) is 11.4 Å². The molecule has 1 aromatic rings. The van der Waals surface area contributed by atoms with E-state index < -0.39 is 5.54 Å². The standard InChI is InChI=1S/C9H17N3O/c1-7-4-8(12(3)11-7)5-9(2,10)6-13/h4,13H,5-6,10H2,1-3H3. The summed E-state index contributed by atoms with van der Waals surface area (Å²) >= 11 is 0. The molecule has 0 aromatic carbocycles. The van der Waals surface area contributed by atoms with Gasteiger partial charge in [0.05, 0.1) is 12.3 Å². The summed E-state index contributed by atoms with van der Waals surface area (Å²) in [5.41, 5.74) is 7.31. The highest BCUT2D eigenvalue weighted by atomic mass is 16.3. The second-order valence-electron chi connectivity index (χ2n) is 3.89. The molecule has 0 aliphatic carbocycles. The summed E-state index contributed by atoms with van der Waals surface area (Å²) in [5, 5.41) is 13.2. The number of aliphatic hydroxyl groups excluding tert-OH is 1. The highest BCUT2D eigenvalue weighted by Crippen LogP contribution is 2.10. The highest BCUT2D eigenvalue weighted by molar-refractivity contribution is 5.11. The van der Waals surface area contributed by atoms with Gasteiger partial charge in [-0.25, -0.2) is 0 Å². The molecule has 1 heterocycles. The van der Waals surface area contributed by atoms with Crippen LogP contribution in [-0.2, 0) is 13.5 Å². The van der Waals surface area contributed by atoms with Crippen molar-refractivity contribution in [2.45, 2.75) is 25.8 Å². The normalized spacial score (nSPS) is 15.8. The Kier molecular flexibility index (Phi) is 2.73. The Balaban J connectivity index is 2.79. The van der Waals surface area contributed by atoms with Crippen molar-refractivity contribution in [1.82, 2.24) is 9.78 Å². The molecule has 1 aromatic heterocycles.